The van der Waals surface area contributed by atoms with E-state index in [2.05, 4.69) is 55.4 Å². The van der Waals surface area contributed by atoms with E-state index in [1.807, 2.05) is 30.3 Å². The second kappa shape index (κ2) is 7.80. The Labute approximate surface area is 163 Å². The molecule has 2 aromatic carbocycles. The lowest BCUT2D eigenvalue weighted by Gasteiger charge is -2.36. The SMILES string of the molecule is Cc1ccc(Nc2cnnc(N3CCN(c4cccc(Cl)c4)CC3)n2)cc1. The van der Waals surface area contributed by atoms with E-state index >= 15 is 0 Å². The van der Waals surface area contributed by atoms with Crippen LogP contribution in [-0.4, -0.2) is 41.4 Å². The highest BCUT2D eigenvalue weighted by Crippen LogP contribution is 2.22. The highest BCUT2D eigenvalue weighted by molar-refractivity contribution is 6.30. The maximum atomic E-state index is 6.11. The van der Waals surface area contributed by atoms with E-state index < -0.39 is 0 Å². The molecule has 0 spiro atoms. The fourth-order valence-electron chi connectivity index (χ4n) is 3.11. The van der Waals surface area contributed by atoms with Crippen molar-refractivity contribution in [3.05, 3.63) is 65.3 Å². The van der Waals surface area contributed by atoms with Crippen molar-refractivity contribution < 1.29 is 0 Å². The van der Waals surface area contributed by atoms with Crippen LogP contribution in [0.1, 0.15) is 5.56 Å². The Hall–Kier alpha value is -2.86. The van der Waals surface area contributed by atoms with Gasteiger partial charge in [0.1, 0.15) is 0 Å². The first-order chi connectivity index (χ1) is 13.2. The Bertz CT molecular complexity index is 906. The number of aromatic nitrogens is 3. The lowest BCUT2D eigenvalue weighted by molar-refractivity contribution is 0.635. The molecule has 27 heavy (non-hydrogen) atoms. The quantitative estimate of drug-likeness (QED) is 0.740. The van der Waals surface area contributed by atoms with Gasteiger partial charge in [-0.05, 0) is 37.3 Å². The molecule has 0 amide bonds. The topological polar surface area (TPSA) is 57.2 Å². The van der Waals surface area contributed by atoms with Crippen molar-refractivity contribution >= 4 is 34.7 Å². The van der Waals surface area contributed by atoms with Gasteiger partial charge in [0.05, 0.1) is 6.20 Å². The highest BCUT2D eigenvalue weighted by Gasteiger charge is 2.20. The minimum atomic E-state index is 0.651. The molecule has 0 saturated carbocycles. The van der Waals surface area contributed by atoms with Crippen molar-refractivity contribution in [2.45, 2.75) is 6.92 Å². The molecule has 0 radical (unpaired) electrons. The Morgan fingerprint density at radius 3 is 2.44 bits per heavy atom. The van der Waals surface area contributed by atoms with Gasteiger partial charge in [0.2, 0.25) is 5.95 Å². The number of rotatable bonds is 4. The van der Waals surface area contributed by atoms with Crippen LogP contribution >= 0.6 is 11.6 Å². The van der Waals surface area contributed by atoms with Gasteiger partial charge in [-0.2, -0.15) is 10.1 Å². The van der Waals surface area contributed by atoms with Crippen molar-refractivity contribution in [1.82, 2.24) is 15.2 Å². The van der Waals surface area contributed by atoms with E-state index in [4.69, 9.17) is 11.6 Å². The summed E-state index contributed by atoms with van der Waals surface area (Å²) >= 11 is 6.11. The molecule has 1 N–H and O–H groups in total. The second-order valence-electron chi connectivity index (χ2n) is 6.59. The van der Waals surface area contributed by atoms with E-state index in [1.54, 1.807) is 6.20 Å². The van der Waals surface area contributed by atoms with Gasteiger partial charge in [0.25, 0.3) is 0 Å². The Balaban J connectivity index is 1.42. The average Bonchev–Trinajstić information content (AvgIpc) is 2.70. The molecule has 6 nitrogen and oxygen atoms in total. The standard InChI is InChI=1S/C20H21ClN6/c1-15-5-7-17(8-6-15)23-19-14-22-25-20(24-19)27-11-9-26(10-12-27)18-4-2-3-16(21)13-18/h2-8,13-14H,9-12H2,1H3,(H,23,24,25). The Morgan fingerprint density at radius 1 is 0.963 bits per heavy atom. The van der Waals surface area contributed by atoms with Crippen molar-refractivity contribution in [2.75, 3.05) is 41.3 Å². The Morgan fingerprint density at radius 2 is 1.70 bits per heavy atom. The summed E-state index contributed by atoms with van der Waals surface area (Å²) in [4.78, 5) is 9.11. The minimum absolute atomic E-state index is 0.651. The van der Waals surface area contributed by atoms with Crippen molar-refractivity contribution in [2.24, 2.45) is 0 Å². The van der Waals surface area contributed by atoms with Crippen LogP contribution in [0.4, 0.5) is 23.1 Å². The predicted molar refractivity (Wildman–Crippen MR) is 110 cm³/mol. The fraction of sp³-hybridized carbons (Fsp3) is 0.250. The number of anilines is 4. The molecule has 3 aromatic rings. The molecule has 0 atom stereocenters. The first-order valence-electron chi connectivity index (χ1n) is 8.96. The molecular formula is C20H21ClN6. The third-order valence-corrected chi connectivity index (χ3v) is 4.84. The number of hydrogen-bond donors (Lipinski definition) is 1. The number of nitrogens with zero attached hydrogens (tertiary/aromatic N) is 5. The molecule has 1 aliphatic rings. The summed E-state index contributed by atoms with van der Waals surface area (Å²) in [7, 11) is 0. The fourth-order valence-corrected chi connectivity index (χ4v) is 3.30. The molecule has 4 rings (SSSR count). The lowest BCUT2D eigenvalue weighted by atomic mass is 10.2. The van der Waals surface area contributed by atoms with Gasteiger partial charge in [-0.3, -0.25) is 0 Å². The molecule has 1 aromatic heterocycles. The minimum Gasteiger partial charge on any atom is -0.368 e. The molecular weight excluding hydrogens is 360 g/mol. The van der Waals surface area contributed by atoms with Gasteiger partial charge < -0.3 is 15.1 Å². The number of halogens is 1. The van der Waals surface area contributed by atoms with Crippen molar-refractivity contribution in [3.63, 3.8) is 0 Å². The van der Waals surface area contributed by atoms with Crippen molar-refractivity contribution in [1.29, 1.82) is 0 Å². The maximum absolute atomic E-state index is 6.11. The molecule has 1 aliphatic heterocycles. The van der Waals surface area contributed by atoms with Crippen LogP contribution in [-0.2, 0) is 0 Å². The molecule has 2 heterocycles. The van der Waals surface area contributed by atoms with E-state index in [0.29, 0.717) is 11.8 Å². The first-order valence-corrected chi connectivity index (χ1v) is 9.34. The van der Waals surface area contributed by atoms with Crippen LogP contribution in [0.3, 0.4) is 0 Å². The molecule has 1 saturated heterocycles. The van der Waals surface area contributed by atoms with E-state index in [-0.39, 0.29) is 0 Å². The van der Waals surface area contributed by atoms with Crippen LogP contribution in [0.2, 0.25) is 5.02 Å². The summed E-state index contributed by atoms with van der Waals surface area (Å²) in [6, 6.07) is 16.2. The lowest BCUT2D eigenvalue weighted by Crippen LogP contribution is -2.47. The maximum Gasteiger partial charge on any atom is 0.247 e. The van der Waals surface area contributed by atoms with Gasteiger partial charge in [0, 0.05) is 42.6 Å². The van der Waals surface area contributed by atoms with Gasteiger partial charge >= 0.3 is 0 Å². The van der Waals surface area contributed by atoms with Crippen LogP contribution in [0.25, 0.3) is 0 Å². The summed E-state index contributed by atoms with van der Waals surface area (Å²) in [6.45, 7) is 5.51. The predicted octanol–water partition coefficient (Wildman–Crippen LogP) is 3.90. The number of nitrogens with one attached hydrogen (secondary N) is 1. The normalized spacial score (nSPS) is 14.3. The van der Waals surface area contributed by atoms with Gasteiger partial charge in [-0.25, -0.2) is 0 Å². The third kappa shape index (κ3) is 4.28. The number of benzene rings is 2. The summed E-state index contributed by atoms with van der Waals surface area (Å²) in [6.07, 6.45) is 1.64. The zero-order valence-electron chi connectivity index (χ0n) is 15.1. The largest absolute Gasteiger partial charge is 0.368 e. The van der Waals surface area contributed by atoms with E-state index in [9.17, 15) is 0 Å². The average molecular weight is 381 g/mol. The monoisotopic (exact) mass is 380 g/mol. The van der Waals surface area contributed by atoms with Crippen LogP contribution in [0.5, 0.6) is 0 Å². The first kappa shape index (κ1) is 17.5. The third-order valence-electron chi connectivity index (χ3n) is 4.61. The zero-order valence-corrected chi connectivity index (χ0v) is 15.9. The summed E-state index contributed by atoms with van der Waals surface area (Å²) < 4.78 is 0. The van der Waals surface area contributed by atoms with Gasteiger partial charge in [0.15, 0.2) is 5.82 Å². The molecule has 138 valence electrons. The number of aryl methyl sites for hydroxylation is 1. The van der Waals surface area contributed by atoms with Gasteiger partial charge in [-0.15, -0.1) is 5.10 Å². The molecule has 0 unspecified atom stereocenters. The van der Waals surface area contributed by atoms with Crippen LogP contribution in [0, 0.1) is 6.92 Å². The highest BCUT2D eigenvalue weighted by atomic mass is 35.5. The smallest absolute Gasteiger partial charge is 0.247 e. The summed E-state index contributed by atoms with van der Waals surface area (Å²) in [5.74, 6) is 1.35. The zero-order chi connectivity index (χ0) is 18.6. The van der Waals surface area contributed by atoms with Crippen molar-refractivity contribution in [3.8, 4) is 0 Å². The second-order valence-corrected chi connectivity index (χ2v) is 7.02. The molecule has 7 heteroatoms. The molecule has 0 aliphatic carbocycles. The summed E-state index contributed by atoms with van der Waals surface area (Å²) in [5.41, 5.74) is 3.36. The molecule has 1 fully saturated rings. The van der Waals surface area contributed by atoms with Gasteiger partial charge in [-0.1, -0.05) is 35.4 Å². The summed E-state index contributed by atoms with van der Waals surface area (Å²) in [5, 5.41) is 12.4. The van der Waals surface area contributed by atoms with E-state index in [0.717, 1.165) is 42.6 Å². The van der Waals surface area contributed by atoms with Crippen LogP contribution < -0.4 is 15.1 Å². The number of hydrogen-bond acceptors (Lipinski definition) is 6. The number of piperazine rings is 1. The van der Waals surface area contributed by atoms with E-state index in [1.165, 1.54) is 5.56 Å². The van der Waals surface area contributed by atoms with Crippen LogP contribution in [0.15, 0.2) is 54.7 Å². The molecule has 0 bridgehead atoms. The Kier molecular flexibility index (Phi) is 5.07.